The van der Waals surface area contributed by atoms with Crippen LogP contribution in [0.1, 0.15) is 18.3 Å². The van der Waals surface area contributed by atoms with Crippen LogP contribution in [0, 0.1) is 13.8 Å². The Kier molecular flexibility index (Phi) is 3.60. The Morgan fingerprint density at radius 1 is 1.33 bits per heavy atom. The number of esters is 1. The molecule has 0 aliphatic heterocycles. The molecule has 0 N–H and O–H groups in total. The van der Waals surface area contributed by atoms with Gasteiger partial charge in [0.15, 0.2) is 6.10 Å². The van der Waals surface area contributed by atoms with Crippen LogP contribution in [0.2, 0.25) is 0 Å². The Bertz CT molecular complexity index is 345. The number of ether oxygens (including phenoxy) is 2. The van der Waals surface area contributed by atoms with Crippen LogP contribution >= 0.6 is 0 Å². The fourth-order valence-electron chi connectivity index (χ4n) is 1.12. The monoisotopic (exact) mass is 210 g/mol. The number of hydrogen-bond donors (Lipinski definition) is 0. The van der Waals surface area contributed by atoms with Crippen molar-refractivity contribution in [2.45, 2.75) is 26.9 Å². The standard InChI is InChI=1S/C10H14N2O3/c1-6-5-7(2)12-10(11-6)15-8(3)9(13)14-4/h5,8H,1-4H3. The van der Waals surface area contributed by atoms with Crippen LogP contribution in [0.15, 0.2) is 6.07 Å². The summed E-state index contributed by atoms with van der Waals surface area (Å²) >= 11 is 0. The Morgan fingerprint density at radius 2 is 1.87 bits per heavy atom. The topological polar surface area (TPSA) is 61.3 Å². The largest absolute Gasteiger partial charge is 0.466 e. The van der Waals surface area contributed by atoms with Gasteiger partial charge in [0.25, 0.3) is 0 Å². The normalized spacial score (nSPS) is 12.0. The summed E-state index contributed by atoms with van der Waals surface area (Å²) in [7, 11) is 1.31. The summed E-state index contributed by atoms with van der Waals surface area (Å²) in [6, 6.07) is 2.03. The third kappa shape index (κ3) is 3.19. The van der Waals surface area contributed by atoms with E-state index in [0.29, 0.717) is 0 Å². The van der Waals surface area contributed by atoms with E-state index in [9.17, 15) is 4.79 Å². The molecule has 0 saturated heterocycles. The molecule has 82 valence electrons. The Morgan fingerprint density at radius 3 is 2.33 bits per heavy atom. The number of hydrogen-bond acceptors (Lipinski definition) is 5. The molecule has 0 amide bonds. The van der Waals surface area contributed by atoms with Crippen LogP contribution in [-0.4, -0.2) is 29.2 Å². The first-order valence-electron chi connectivity index (χ1n) is 4.59. The summed E-state index contributed by atoms with van der Waals surface area (Å²) in [5.74, 6) is -0.447. The van der Waals surface area contributed by atoms with Gasteiger partial charge in [-0.15, -0.1) is 0 Å². The van der Waals surface area contributed by atoms with Crippen LogP contribution in [0.4, 0.5) is 0 Å². The molecule has 0 fully saturated rings. The molecule has 1 unspecified atom stereocenters. The molecule has 0 bridgehead atoms. The van der Waals surface area contributed by atoms with Gasteiger partial charge in [-0.25, -0.2) is 14.8 Å². The second-order valence-corrected chi connectivity index (χ2v) is 3.22. The maximum Gasteiger partial charge on any atom is 0.346 e. The fraction of sp³-hybridized carbons (Fsp3) is 0.500. The number of methoxy groups -OCH3 is 1. The van der Waals surface area contributed by atoms with E-state index in [1.807, 2.05) is 19.9 Å². The second kappa shape index (κ2) is 4.72. The maximum absolute atomic E-state index is 11.1. The van der Waals surface area contributed by atoms with E-state index in [-0.39, 0.29) is 6.01 Å². The number of carbonyl (C=O) groups excluding carboxylic acids is 1. The lowest BCUT2D eigenvalue weighted by Crippen LogP contribution is -2.25. The van der Waals surface area contributed by atoms with Crippen molar-refractivity contribution in [1.82, 2.24) is 9.97 Å². The smallest absolute Gasteiger partial charge is 0.346 e. The summed E-state index contributed by atoms with van der Waals surface area (Å²) in [6.45, 7) is 5.27. The maximum atomic E-state index is 11.1. The van der Waals surface area contributed by atoms with Gasteiger partial charge < -0.3 is 9.47 Å². The molecule has 1 aromatic rings. The number of carbonyl (C=O) groups is 1. The fourth-order valence-corrected chi connectivity index (χ4v) is 1.12. The van der Waals surface area contributed by atoms with Gasteiger partial charge in [0.1, 0.15) is 0 Å². The van der Waals surface area contributed by atoms with Crippen LogP contribution in [0.5, 0.6) is 6.01 Å². The van der Waals surface area contributed by atoms with Gasteiger partial charge in [0.2, 0.25) is 0 Å². The summed E-state index contributed by atoms with van der Waals surface area (Å²) in [5.41, 5.74) is 1.60. The van der Waals surface area contributed by atoms with Crippen molar-refractivity contribution in [3.05, 3.63) is 17.5 Å². The van der Waals surface area contributed by atoms with Gasteiger partial charge >= 0.3 is 12.0 Å². The molecule has 15 heavy (non-hydrogen) atoms. The van der Waals surface area contributed by atoms with Crippen molar-refractivity contribution < 1.29 is 14.3 Å². The Hall–Kier alpha value is -1.65. The third-order valence-corrected chi connectivity index (χ3v) is 1.78. The molecule has 0 radical (unpaired) electrons. The molecule has 0 saturated carbocycles. The van der Waals surface area contributed by atoms with E-state index in [2.05, 4.69) is 14.7 Å². The molecule has 1 rings (SSSR count). The minimum absolute atomic E-state index is 0.199. The van der Waals surface area contributed by atoms with E-state index in [1.54, 1.807) is 6.92 Å². The van der Waals surface area contributed by atoms with E-state index in [1.165, 1.54) is 7.11 Å². The van der Waals surface area contributed by atoms with E-state index < -0.39 is 12.1 Å². The average molecular weight is 210 g/mol. The van der Waals surface area contributed by atoms with Gasteiger partial charge in [-0.05, 0) is 26.8 Å². The van der Waals surface area contributed by atoms with Gasteiger partial charge in [0.05, 0.1) is 7.11 Å². The van der Waals surface area contributed by atoms with Crippen molar-refractivity contribution in [3.63, 3.8) is 0 Å². The molecular weight excluding hydrogens is 196 g/mol. The van der Waals surface area contributed by atoms with Gasteiger partial charge in [0, 0.05) is 11.4 Å². The molecule has 0 aliphatic rings. The highest BCUT2D eigenvalue weighted by molar-refractivity contribution is 5.74. The first kappa shape index (κ1) is 11.4. The molecular formula is C10H14N2O3. The number of nitrogens with zero attached hydrogens (tertiary/aromatic N) is 2. The van der Waals surface area contributed by atoms with Crippen molar-refractivity contribution in [2.75, 3.05) is 7.11 Å². The number of aromatic nitrogens is 2. The zero-order valence-electron chi connectivity index (χ0n) is 9.27. The Labute approximate surface area is 88.4 Å². The molecule has 5 heteroatoms. The number of aryl methyl sites for hydroxylation is 2. The quantitative estimate of drug-likeness (QED) is 0.697. The molecule has 1 aromatic heterocycles. The third-order valence-electron chi connectivity index (χ3n) is 1.78. The zero-order valence-corrected chi connectivity index (χ0v) is 9.27. The first-order chi connectivity index (χ1) is 7.02. The Balaban J connectivity index is 2.76. The van der Waals surface area contributed by atoms with Crippen LogP contribution < -0.4 is 4.74 Å². The summed E-state index contributed by atoms with van der Waals surface area (Å²) < 4.78 is 9.76. The highest BCUT2D eigenvalue weighted by Gasteiger charge is 2.16. The van der Waals surface area contributed by atoms with E-state index in [0.717, 1.165) is 11.4 Å². The second-order valence-electron chi connectivity index (χ2n) is 3.22. The van der Waals surface area contributed by atoms with Crippen LogP contribution in [0.25, 0.3) is 0 Å². The lowest BCUT2D eigenvalue weighted by molar-refractivity contribution is -0.148. The first-order valence-corrected chi connectivity index (χ1v) is 4.59. The van der Waals surface area contributed by atoms with E-state index in [4.69, 9.17) is 4.74 Å². The van der Waals surface area contributed by atoms with Crippen molar-refractivity contribution in [3.8, 4) is 6.01 Å². The van der Waals surface area contributed by atoms with Crippen molar-refractivity contribution >= 4 is 5.97 Å². The minimum Gasteiger partial charge on any atom is -0.466 e. The molecule has 0 spiro atoms. The molecule has 1 heterocycles. The highest BCUT2D eigenvalue weighted by atomic mass is 16.6. The molecule has 5 nitrogen and oxygen atoms in total. The summed E-state index contributed by atoms with van der Waals surface area (Å²) in [5, 5.41) is 0. The SMILES string of the molecule is COC(=O)C(C)Oc1nc(C)cc(C)n1. The summed E-state index contributed by atoms with van der Waals surface area (Å²) in [4.78, 5) is 19.2. The lowest BCUT2D eigenvalue weighted by atomic mass is 10.4. The highest BCUT2D eigenvalue weighted by Crippen LogP contribution is 2.08. The van der Waals surface area contributed by atoms with Crippen LogP contribution in [-0.2, 0) is 9.53 Å². The van der Waals surface area contributed by atoms with E-state index >= 15 is 0 Å². The van der Waals surface area contributed by atoms with Crippen LogP contribution in [0.3, 0.4) is 0 Å². The molecule has 0 aromatic carbocycles. The predicted octanol–water partition coefficient (Wildman–Crippen LogP) is 1.03. The lowest BCUT2D eigenvalue weighted by Gasteiger charge is -2.11. The van der Waals surface area contributed by atoms with Crippen molar-refractivity contribution in [1.29, 1.82) is 0 Å². The molecule has 1 atom stereocenters. The number of rotatable bonds is 3. The van der Waals surface area contributed by atoms with Gasteiger partial charge in [-0.2, -0.15) is 0 Å². The predicted molar refractivity (Wildman–Crippen MR) is 53.6 cm³/mol. The minimum atomic E-state index is -0.698. The summed E-state index contributed by atoms with van der Waals surface area (Å²) in [6.07, 6.45) is -0.698. The van der Waals surface area contributed by atoms with Crippen molar-refractivity contribution in [2.24, 2.45) is 0 Å². The molecule has 0 aliphatic carbocycles. The van der Waals surface area contributed by atoms with Gasteiger partial charge in [-0.1, -0.05) is 0 Å². The average Bonchev–Trinajstić information content (AvgIpc) is 2.14. The zero-order chi connectivity index (χ0) is 11.4. The van der Waals surface area contributed by atoms with Gasteiger partial charge in [-0.3, -0.25) is 0 Å².